The maximum absolute atomic E-state index is 11.9. The van der Waals surface area contributed by atoms with Crippen molar-refractivity contribution in [1.29, 1.82) is 5.26 Å². The average molecular weight is 169 g/mol. The number of rotatable bonds is 1. The van der Waals surface area contributed by atoms with Crippen LogP contribution >= 0.6 is 12.4 Å². The van der Waals surface area contributed by atoms with Gasteiger partial charge in [0.1, 0.15) is 5.41 Å². The lowest BCUT2D eigenvalue weighted by Gasteiger charge is -2.34. The fraction of sp³-hybridized carbons (Fsp3) is 0.800. The van der Waals surface area contributed by atoms with Gasteiger partial charge in [0.05, 0.1) is 6.07 Å². The fourth-order valence-corrected chi connectivity index (χ4v) is 0.676. The lowest BCUT2D eigenvalue weighted by molar-refractivity contribution is -0.000509. The van der Waals surface area contributed by atoms with Crippen LogP contribution in [0.1, 0.15) is 0 Å². The van der Waals surface area contributed by atoms with E-state index < -0.39 is 11.8 Å². The zero-order valence-corrected chi connectivity index (χ0v) is 5.92. The van der Waals surface area contributed by atoms with E-state index in [4.69, 9.17) is 5.26 Å². The first-order valence-electron chi connectivity index (χ1n) is 2.61. The van der Waals surface area contributed by atoms with E-state index in [2.05, 4.69) is 5.32 Å². The molecule has 0 radical (unpaired) electrons. The van der Waals surface area contributed by atoms with Crippen LogP contribution < -0.4 is 5.32 Å². The smallest absolute Gasteiger partial charge is 0.259 e. The van der Waals surface area contributed by atoms with Crippen LogP contribution in [0.2, 0.25) is 0 Å². The summed E-state index contributed by atoms with van der Waals surface area (Å²) in [6.07, 6.45) is -2.51. The first-order chi connectivity index (χ1) is 4.21. The summed E-state index contributed by atoms with van der Waals surface area (Å²) in [6.45, 7) is 0.252. The van der Waals surface area contributed by atoms with Crippen LogP contribution in [-0.4, -0.2) is 19.5 Å². The normalized spacial score (nSPS) is 20.6. The van der Waals surface area contributed by atoms with Crippen molar-refractivity contribution in [3.63, 3.8) is 0 Å². The monoisotopic (exact) mass is 168 g/mol. The van der Waals surface area contributed by atoms with Crippen molar-refractivity contribution in [1.82, 2.24) is 5.32 Å². The quantitative estimate of drug-likeness (QED) is 0.628. The molecule has 1 aliphatic rings. The number of hydrogen-bond acceptors (Lipinski definition) is 2. The predicted molar refractivity (Wildman–Crippen MR) is 34.2 cm³/mol. The van der Waals surface area contributed by atoms with E-state index in [9.17, 15) is 8.78 Å². The lowest BCUT2D eigenvalue weighted by Crippen LogP contribution is -2.56. The van der Waals surface area contributed by atoms with E-state index in [0.29, 0.717) is 0 Å². The summed E-state index contributed by atoms with van der Waals surface area (Å²) in [6, 6.07) is 1.60. The summed E-state index contributed by atoms with van der Waals surface area (Å²) in [5.74, 6) is 0. The summed E-state index contributed by atoms with van der Waals surface area (Å²) in [4.78, 5) is 0. The van der Waals surface area contributed by atoms with Crippen molar-refractivity contribution in [3.8, 4) is 6.07 Å². The number of nitrogens with zero attached hydrogens (tertiary/aromatic N) is 1. The van der Waals surface area contributed by atoms with Crippen molar-refractivity contribution in [2.24, 2.45) is 5.41 Å². The van der Waals surface area contributed by atoms with Gasteiger partial charge in [-0.25, -0.2) is 8.78 Å². The molecule has 0 aromatic heterocycles. The third kappa shape index (κ3) is 1.20. The Hall–Kier alpha value is -0.400. The Balaban J connectivity index is 0.000000810. The largest absolute Gasteiger partial charge is 0.313 e. The number of halogens is 3. The molecule has 1 aliphatic heterocycles. The molecule has 0 aromatic carbocycles. The van der Waals surface area contributed by atoms with E-state index in [1.807, 2.05) is 0 Å². The van der Waals surface area contributed by atoms with E-state index in [-0.39, 0.29) is 25.5 Å². The molecule has 0 amide bonds. The summed E-state index contributed by atoms with van der Waals surface area (Å²) >= 11 is 0. The second-order valence-electron chi connectivity index (χ2n) is 2.17. The van der Waals surface area contributed by atoms with Crippen molar-refractivity contribution < 1.29 is 8.78 Å². The van der Waals surface area contributed by atoms with Gasteiger partial charge in [-0.2, -0.15) is 5.26 Å². The molecule has 0 bridgehead atoms. The Morgan fingerprint density at radius 2 is 2.00 bits per heavy atom. The zero-order chi connectivity index (χ0) is 6.91. The first kappa shape index (κ1) is 9.60. The van der Waals surface area contributed by atoms with Crippen molar-refractivity contribution in [2.45, 2.75) is 6.43 Å². The van der Waals surface area contributed by atoms with E-state index in [1.54, 1.807) is 6.07 Å². The van der Waals surface area contributed by atoms with Crippen LogP contribution in [0.25, 0.3) is 0 Å². The van der Waals surface area contributed by atoms with E-state index in [1.165, 1.54) is 0 Å². The maximum Gasteiger partial charge on any atom is 0.259 e. The van der Waals surface area contributed by atoms with Crippen LogP contribution in [-0.2, 0) is 0 Å². The van der Waals surface area contributed by atoms with Gasteiger partial charge in [-0.05, 0) is 0 Å². The third-order valence-corrected chi connectivity index (χ3v) is 1.52. The molecule has 10 heavy (non-hydrogen) atoms. The minimum absolute atomic E-state index is 0. The van der Waals surface area contributed by atoms with E-state index in [0.717, 1.165) is 0 Å². The molecule has 1 fully saturated rings. The molecule has 0 spiro atoms. The first-order valence-corrected chi connectivity index (χ1v) is 2.61. The highest BCUT2D eigenvalue weighted by atomic mass is 35.5. The lowest BCUT2D eigenvalue weighted by atomic mass is 9.84. The Morgan fingerprint density at radius 3 is 2.00 bits per heavy atom. The van der Waals surface area contributed by atoms with Gasteiger partial charge in [0, 0.05) is 13.1 Å². The highest BCUT2D eigenvalue weighted by molar-refractivity contribution is 5.85. The summed E-state index contributed by atoms with van der Waals surface area (Å²) in [7, 11) is 0. The van der Waals surface area contributed by atoms with Gasteiger partial charge in [-0.15, -0.1) is 12.4 Å². The van der Waals surface area contributed by atoms with Crippen LogP contribution in [0.5, 0.6) is 0 Å². The Morgan fingerprint density at radius 1 is 1.50 bits per heavy atom. The second-order valence-corrected chi connectivity index (χ2v) is 2.17. The van der Waals surface area contributed by atoms with Gasteiger partial charge in [0.2, 0.25) is 0 Å². The van der Waals surface area contributed by atoms with Gasteiger partial charge in [0.25, 0.3) is 6.43 Å². The van der Waals surface area contributed by atoms with Crippen molar-refractivity contribution in [2.75, 3.05) is 13.1 Å². The highest BCUT2D eigenvalue weighted by Crippen LogP contribution is 2.28. The van der Waals surface area contributed by atoms with Crippen LogP contribution in [0.15, 0.2) is 0 Å². The highest BCUT2D eigenvalue weighted by Gasteiger charge is 2.46. The molecule has 1 N–H and O–H groups in total. The minimum Gasteiger partial charge on any atom is -0.313 e. The number of alkyl halides is 2. The predicted octanol–water partition coefficient (Wildman–Crippen LogP) is 0.786. The average Bonchev–Trinajstić information content (AvgIpc) is 1.62. The van der Waals surface area contributed by atoms with Gasteiger partial charge in [-0.1, -0.05) is 0 Å². The van der Waals surface area contributed by atoms with Crippen molar-refractivity contribution >= 4 is 12.4 Å². The Bertz CT molecular complexity index is 150. The number of nitrogens with one attached hydrogen (secondary N) is 1. The molecule has 5 heteroatoms. The third-order valence-electron chi connectivity index (χ3n) is 1.52. The second kappa shape index (κ2) is 3.13. The molecule has 1 saturated heterocycles. The summed E-state index contributed by atoms with van der Waals surface area (Å²) in [5, 5.41) is 10.9. The molecular formula is C5H7ClF2N2. The minimum atomic E-state index is -2.51. The van der Waals surface area contributed by atoms with Crippen molar-refractivity contribution in [3.05, 3.63) is 0 Å². The SMILES string of the molecule is Cl.N#CC1(C(F)F)CNC1. The maximum atomic E-state index is 11.9. The van der Waals surface area contributed by atoms with Gasteiger partial charge >= 0.3 is 0 Å². The van der Waals surface area contributed by atoms with E-state index >= 15 is 0 Å². The Labute approximate surface area is 63.6 Å². The fourth-order valence-electron chi connectivity index (χ4n) is 0.676. The molecule has 2 nitrogen and oxygen atoms in total. The molecular weight excluding hydrogens is 162 g/mol. The molecule has 0 aromatic rings. The molecule has 0 unspecified atom stereocenters. The van der Waals surface area contributed by atoms with Gasteiger partial charge in [-0.3, -0.25) is 0 Å². The van der Waals surface area contributed by atoms with Gasteiger partial charge < -0.3 is 5.32 Å². The number of hydrogen-bond donors (Lipinski definition) is 1. The van der Waals surface area contributed by atoms with Gasteiger partial charge in [0.15, 0.2) is 0 Å². The van der Waals surface area contributed by atoms with Crippen LogP contribution in [0.4, 0.5) is 8.78 Å². The molecule has 1 heterocycles. The molecule has 0 saturated carbocycles. The Kier molecular flexibility index (Phi) is 3.00. The topological polar surface area (TPSA) is 35.8 Å². The molecule has 1 rings (SSSR count). The summed E-state index contributed by atoms with van der Waals surface area (Å²) in [5.41, 5.74) is -1.38. The molecule has 0 atom stereocenters. The number of nitriles is 1. The molecule has 0 aliphatic carbocycles. The standard InChI is InChI=1S/C5H6F2N2.ClH/c6-4(7)5(1-8)2-9-3-5;/h4,9H,2-3H2;1H. The molecule has 58 valence electrons. The van der Waals surface area contributed by atoms with Crippen LogP contribution in [0.3, 0.4) is 0 Å². The zero-order valence-electron chi connectivity index (χ0n) is 5.10. The summed E-state index contributed by atoms with van der Waals surface area (Å²) < 4.78 is 23.7. The van der Waals surface area contributed by atoms with Crippen LogP contribution in [0, 0.1) is 16.7 Å².